The number of esters is 1. The Balaban J connectivity index is 1.52. The molecule has 0 atom stereocenters. The molecule has 1 heterocycles. The summed E-state index contributed by atoms with van der Waals surface area (Å²) >= 11 is 1.28. The van der Waals surface area contributed by atoms with Crippen LogP contribution in [0.1, 0.15) is 5.56 Å². The molecule has 2 aromatic carbocycles. The number of rotatable bonds is 6. The third kappa shape index (κ3) is 4.77. The fourth-order valence-electron chi connectivity index (χ4n) is 2.23. The average molecular weight is 400 g/mol. The molecule has 0 aliphatic heterocycles. The molecule has 3 rings (SSSR count). The number of anilines is 1. The first-order chi connectivity index (χ1) is 13.4. The number of hydrogen-bond acceptors (Lipinski definition) is 8. The van der Waals surface area contributed by atoms with Crippen molar-refractivity contribution in [2.45, 2.75) is 0 Å². The minimum Gasteiger partial charge on any atom is -0.504 e. The minimum atomic E-state index is -0.725. The first kappa shape index (κ1) is 19.2. The average Bonchev–Trinajstić information content (AvgIpc) is 3.08. The zero-order valence-electron chi connectivity index (χ0n) is 14.7. The molecule has 0 aliphatic carbocycles. The van der Waals surface area contributed by atoms with E-state index in [4.69, 9.17) is 9.47 Å². The zero-order valence-corrected chi connectivity index (χ0v) is 15.5. The fraction of sp³-hybridized carbons (Fsp3) is 0.105. The van der Waals surface area contributed by atoms with E-state index >= 15 is 0 Å². The summed E-state index contributed by atoms with van der Waals surface area (Å²) in [5.74, 6) is -1.11. The number of nitrogens with zero attached hydrogens (tertiary/aromatic N) is 1. The van der Waals surface area contributed by atoms with Crippen molar-refractivity contribution in [3.63, 3.8) is 0 Å². The van der Waals surface area contributed by atoms with E-state index in [1.165, 1.54) is 35.6 Å². The van der Waals surface area contributed by atoms with Gasteiger partial charge in [0.05, 0.1) is 17.3 Å². The van der Waals surface area contributed by atoms with Crippen molar-refractivity contribution in [3.8, 4) is 17.2 Å². The third-order valence-corrected chi connectivity index (χ3v) is 4.53. The maximum atomic E-state index is 11.9. The molecule has 28 heavy (non-hydrogen) atoms. The summed E-state index contributed by atoms with van der Waals surface area (Å²) in [6, 6.07) is 9.46. The molecule has 0 spiro atoms. The Morgan fingerprint density at radius 1 is 1.18 bits per heavy atom. The van der Waals surface area contributed by atoms with E-state index < -0.39 is 18.5 Å². The molecule has 8 nitrogen and oxygen atoms in total. The van der Waals surface area contributed by atoms with Crippen LogP contribution in [0.4, 0.5) is 5.13 Å². The van der Waals surface area contributed by atoms with Gasteiger partial charge in [0.25, 0.3) is 5.91 Å². The first-order valence-corrected chi connectivity index (χ1v) is 8.87. The van der Waals surface area contributed by atoms with Gasteiger partial charge in [0.15, 0.2) is 23.2 Å². The molecule has 3 N–H and O–H groups in total. The van der Waals surface area contributed by atoms with Crippen LogP contribution < -0.4 is 10.1 Å². The largest absolute Gasteiger partial charge is 0.504 e. The molecular weight excluding hydrogens is 384 g/mol. The van der Waals surface area contributed by atoms with Crippen molar-refractivity contribution in [1.29, 1.82) is 0 Å². The molecule has 0 unspecified atom stereocenters. The topological polar surface area (TPSA) is 118 Å². The Kier molecular flexibility index (Phi) is 5.75. The van der Waals surface area contributed by atoms with Crippen LogP contribution in [-0.4, -0.2) is 40.8 Å². The standard InChI is InChI=1S/C19H16N2O6S/c1-26-12-4-5-13-16(9-12)28-19(20-13)21-17(24)10-27-18(25)7-3-11-2-6-14(22)15(23)8-11/h2-9,22-23H,10H2,1H3,(H,20,21,24)/b7-3+. The molecule has 0 aliphatic rings. The summed E-state index contributed by atoms with van der Waals surface area (Å²) in [7, 11) is 1.57. The van der Waals surface area contributed by atoms with Crippen molar-refractivity contribution in [2.24, 2.45) is 0 Å². The van der Waals surface area contributed by atoms with Crippen LogP contribution in [0.15, 0.2) is 42.5 Å². The summed E-state index contributed by atoms with van der Waals surface area (Å²) in [6.07, 6.45) is 2.50. The SMILES string of the molecule is COc1ccc2nc(NC(=O)COC(=O)/C=C/c3ccc(O)c(O)c3)sc2c1. The first-order valence-electron chi connectivity index (χ1n) is 8.06. The number of phenolic OH excluding ortho intramolecular Hbond substituents is 2. The quantitative estimate of drug-likeness (QED) is 0.331. The minimum absolute atomic E-state index is 0.260. The lowest BCUT2D eigenvalue weighted by Crippen LogP contribution is -2.19. The van der Waals surface area contributed by atoms with E-state index in [1.54, 1.807) is 19.2 Å². The molecule has 0 bridgehead atoms. The molecule has 3 aromatic rings. The van der Waals surface area contributed by atoms with Gasteiger partial charge in [-0.25, -0.2) is 9.78 Å². The Hall–Kier alpha value is -3.59. The highest BCUT2D eigenvalue weighted by Gasteiger charge is 2.10. The van der Waals surface area contributed by atoms with Gasteiger partial charge in [0.1, 0.15) is 5.75 Å². The molecule has 1 aromatic heterocycles. The van der Waals surface area contributed by atoms with Crippen LogP contribution in [0, 0.1) is 0 Å². The van der Waals surface area contributed by atoms with E-state index in [-0.39, 0.29) is 11.5 Å². The van der Waals surface area contributed by atoms with Crippen molar-refractivity contribution in [3.05, 3.63) is 48.0 Å². The highest BCUT2D eigenvalue weighted by molar-refractivity contribution is 7.22. The lowest BCUT2D eigenvalue weighted by molar-refractivity contribution is -0.142. The Morgan fingerprint density at radius 2 is 2.00 bits per heavy atom. The van der Waals surface area contributed by atoms with Crippen LogP contribution in [0.25, 0.3) is 16.3 Å². The van der Waals surface area contributed by atoms with E-state index in [0.717, 1.165) is 16.3 Å². The molecule has 9 heteroatoms. The molecule has 144 valence electrons. The van der Waals surface area contributed by atoms with E-state index in [9.17, 15) is 19.8 Å². The number of hydrogen-bond donors (Lipinski definition) is 3. The van der Waals surface area contributed by atoms with Crippen LogP contribution in [-0.2, 0) is 14.3 Å². The number of ether oxygens (including phenoxy) is 2. The van der Waals surface area contributed by atoms with Crippen LogP contribution in [0.5, 0.6) is 17.2 Å². The van der Waals surface area contributed by atoms with Crippen LogP contribution in [0.3, 0.4) is 0 Å². The third-order valence-electron chi connectivity index (χ3n) is 3.60. The summed E-state index contributed by atoms with van der Waals surface area (Å²) < 4.78 is 10.9. The van der Waals surface area contributed by atoms with Gasteiger partial charge < -0.3 is 19.7 Å². The molecule has 0 fully saturated rings. The molecule has 0 saturated heterocycles. The van der Waals surface area contributed by atoms with E-state index in [2.05, 4.69) is 10.3 Å². The number of carbonyl (C=O) groups excluding carboxylic acids is 2. The Morgan fingerprint density at radius 3 is 2.75 bits per heavy atom. The second kappa shape index (κ2) is 8.40. The Bertz CT molecular complexity index is 1060. The normalized spacial score (nSPS) is 10.9. The van der Waals surface area contributed by atoms with Gasteiger partial charge in [-0.1, -0.05) is 17.4 Å². The molecule has 1 amide bonds. The molecule has 0 saturated carbocycles. The summed E-state index contributed by atoms with van der Waals surface area (Å²) in [4.78, 5) is 27.9. The predicted octanol–water partition coefficient (Wildman–Crippen LogP) is 2.91. The Labute approximate surface area is 163 Å². The number of thiazole rings is 1. The summed E-state index contributed by atoms with van der Waals surface area (Å²) in [5, 5.41) is 21.6. The second-order valence-corrected chi connectivity index (χ2v) is 6.62. The highest BCUT2D eigenvalue weighted by atomic mass is 32.1. The van der Waals surface area contributed by atoms with Crippen molar-refractivity contribution >= 4 is 44.6 Å². The highest BCUT2D eigenvalue weighted by Crippen LogP contribution is 2.29. The predicted molar refractivity (Wildman–Crippen MR) is 105 cm³/mol. The van der Waals surface area contributed by atoms with Crippen molar-refractivity contribution < 1.29 is 29.3 Å². The molecular formula is C19H16N2O6S. The number of methoxy groups -OCH3 is 1. The lowest BCUT2D eigenvalue weighted by Gasteiger charge is -2.02. The number of phenols is 2. The van der Waals surface area contributed by atoms with Gasteiger partial charge in [-0.3, -0.25) is 10.1 Å². The van der Waals surface area contributed by atoms with Crippen molar-refractivity contribution in [2.75, 3.05) is 19.0 Å². The maximum absolute atomic E-state index is 11.9. The maximum Gasteiger partial charge on any atom is 0.331 e. The number of aromatic nitrogens is 1. The van der Waals surface area contributed by atoms with Crippen LogP contribution >= 0.6 is 11.3 Å². The van der Waals surface area contributed by atoms with Gasteiger partial charge in [-0.15, -0.1) is 0 Å². The van der Waals surface area contributed by atoms with E-state index in [0.29, 0.717) is 16.4 Å². The number of carbonyl (C=O) groups is 2. The van der Waals surface area contributed by atoms with Crippen molar-refractivity contribution in [1.82, 2.24) is 4.98 Å². The molecule has 0 radical (unpaired) electrons. The van der Waals surface area contributed by atoms with Crippen LogP contribution in [0.2, 0.25) is 0 Å². The monoisotopic (exact) mass is 400 g/mol. The number of fused-ring (bicyclic) bond motifs is 1. The second-order valence-electron chi connectivity index (χ2n) is 5.59. The van der Waals surface area contributed by atoms with E-state index in [1.807, 2.05) is 6.07 Å². The summed E-state index contributed by atoms with van der Waals surface area (Å²) in [5.41, 5.74) is 1.21. The van der Waals surface area contributed by atoms with Gasteiger partial charge in [0.2, 0.25) is 0 Å². The van der Waals surface area contributed by atoms with Gasteiger partial charge in [-0.2, -0.15) is 0 Å². The lowest BCUT2D eigenvalue weighted by atomic mass is 10.2. The number of amides is 1. The number of aromatic hydroxyl groups is 2. The van der Waals surface area contributed by atoms with Gasteiger partial charge >= 0.3 is 5.97 Å². The number of nitrogens with one attached hydrogen (secondary N) is 1. The summed E-state index contributed by atoms with van der Waals surface area (Å²) in [6.45, 7) is -0.469. The number of benzene rings is 2. The zero-order chi connectivity index (χ0) is 20.1. The van der Waals surface area contributed by atoms with Gasteiger partial charge in [-0.05, 0) is 42.0 Å². The van der Waals surface area contributed by atoms with Gasteiger partial charge in [0, 0.05) is 6.08 Å². The fourth-order valence-corrected chi connectivity index (χ4v) is 3.14. The smallest absolute Gasteiger partial charge is 0.331 e.